The van der Waals surface area contributed by atoms with E-state index in [1.807, 2.05) is 6.92 Å². The predicted octanol–water partition coefficient (Wildman–Crippen LogP) is 2.63. The van der Waals surface area contributed by atoms with Crippen molar-refractivity contribution in [2.24, 2.45) is 5.73 Å². The summed E-state index contributed by atoms with van der Waals surface area (Å²) >= 11 is 3.32. The van der Waals surface area contributed by atoms with Crippen molar-refractivity contribution in [2.45, 2.75) is 32.1 Å². The number of alkyl halides is 3. The molecule has 1 unspecified atom stereocenters. The van der Waals surface area contributed by atoms with Crippen LogP contribution in [-0.2, 0) is 11.3 Å². The van der Waals surface area contributed by atoms with E-state index < -0.39 is 18.8 Å². The highest BCUT2D eigenvalue weighted by Crippen LogP contribution is 2.24. The lowest BCUT2D eigenvalue weighted by Crippen LogP contribution is -2.21. The van der Waals surface area contributed by atoms with Crippen molar-refractivity contribution in [1.29, 1.82) is 0 Å². The molecule has 0 spiro atoms. The molecule has 0 saturated heterocycles. The van der Waals surface area contributed by atoms with Gasteiger partial charge in [0.15, 0.2) is 0 Å². The largest absolute Gasteiger partial charge is 0.411 e. The molecule has 2 N–H and O–H groups in total. The van der Waals surface area contributed by atoms with Crippen molar-refractivity contribution in [1.82, 2.24) is 9.78 Å². The van der Waals surface area contributed by atoms with Crippen molar-refractivity contribution in [2.75, 3.05) is 13.2 Å². The lowest BCUT2D eigenvalue weighted by molar-refractivity contribution is -0.174. The van der Waals surface area contributed by atoms with Crippen LogP contribution in [-0.4, -0.2) is 29.2 Å². The fraction of sp³-hybridized carbons (Fsp3) is 0.700. The van der Waals surface area contributed by atoms with Gasteiger partial charge >= 0.3 is 6.18 Å². The molecule has 1 rings (SSSR count). The van der Waals surface area contributed by atoms with E-state index >= 15 is 0 Å². The number of hydrogen-bond acceptors (Lipinski definition) is 3. The molecule has 1 aromatic rings. The molecular weight excluding hydrogens is 315 g/mol. The van der Waals surface area contributed by atoms with Gasteiger partial charge < -0.3 is 10.5 Å². The van der Waals surface area contributed by atoms with Crippen LogP contribution in [0.25, 0.3) is 0 Å². The van der Waals surface area contributed by atoms with Crippen molar-refractivity contribution in [3.63, 3.8) is 0 Å². The second-order valence-electron chi connectivity index (χ2n) is 3.76. The molecule has 1 aromatic heterocycles. The summed E-state index contributed by atoms with van der Waals surface area (Å²) < 4.78 is 42.6. The van der Waals surface area contributed by atoms with Crippen molar-refractivity contribution in [3.8, 4) is 0 Å². The van der Waals surface area contributed by atoms with E-state index in [0.717, 1.165) is 10.2 Å². The number of nitrogens with two attached hydrogens (primary N) is 1. The molecule has 4 nitrogen and oxygen atoms in total. The van der Waals surface area contributed by atoms with E-state index in [4.69, 9.17) is 5.73 Å². The number of nitrogens with zero attached hydrogens (tertiary/aromatic N) is 2. The highest BCUT2D eigenvalue weighted by Gasteiger charge is 2.27. The lowest BCUT2D eigenvalue weighted by Gasteiger charge is -2.15. The number of ether oxygens (including phenoxy) is 1. The van der Waals surface area contributed by atoms with Crippen LogP contribution in [0, 0.1) is 0 Å². The van der Waals surface area contributed by atoms with Gasteiger partial charge in [-0.25, -0.2) is 0 Å². The number of rotatable bonds is 6. The first-order valence-corrected chi connectivity index (χ1v) is 6.25. The Labute approximate surface area is 111 Å². The highest BCUT2D eigenvalue weighted by molar-refractivity contribution is 9.10. The molecule has 0 aliphatic heterocycles. The minimum absolute atomic E-state index is 0.0397. The van der Waals surface area contributed by atoms with Gasteiger partial charge in [0.1, 0.15) is 6.61 Å². The van der Waals surface area contributed by atoms with Gasteiger partial charge in [0.05, 0.1) is 22.4 Å². The first kappa shape index (κ1) is 15.5. The molecular formula is C10H15BrF3N3O. The van der Waals surface area contributed by atoms with Crippen LogP contribution >= 0.6 is 15.9 Å². The van der Waals surface area contributed by atoms with Crippen LogP contribution in [0.1, 0.15) is 25.1 Å². The normalized spacial score (nSPS) is 13.9. The Morgan fingerprint density at radius 2 is 2.22 bits per heavy atom. The Kier molecular flexibility index (Phi) is 5.61. The summed E-state index contributed by atoms with van der Waals surface area (Å²) in [6.45, 7) is 1.28. The molecule has 0 fully saturated rings. The van der Waals surface area contributed by atoms with Crippen molar-refractivity contribution < 1.29 is 17.9 Å². The minimum Gasteiger partial charge on any atom is -0.372 e. The Morgan fingerprint density at radius 1 is 1.56 bits per heavy atom. The minimum atomic E-state index is -4.30. The van der Waals surface area contributed by atoms with Crippen LogP contribution < -0.4 is 5.73 Å². The van der Waals surface area contributed by atoms with E-state index in [1.165, 1.54) is 0 Å². The molecule has 104 valence electrons. The summed E-state index contributed by atoms with van der Waals surface area (Å²) in [5.41, 5.74) is 6.69. The molecule has 1 heterocycles. The number of halogens is 4. The van der Waals surface area contributed by atoms with Gasteiger partial charge in [-0.1, -0.05) is 0 Å². The maximum absolute atomic E-state index is 11.9. The monoisotopic (exact) mass is 329 g/mol. The zero-order valence-corrected chi connectivity index (χ0v) is 11.5. The molecule has 0 aliphatic rings. The molecule has 0 saturated carbocycles. The third kappa shape index (κ3) is 4.58. The first-order chi connectivity index (χ1) is 8.35. The number of hydrogen-bond donors (Lipinski definition) is 1. The van der Waals surface area contributed by atoms with E-state index in [0.29, 0.717) is 13.0 Å². The molecule has 0 aromatic carbocycles. The third-order valence-electron chi connectivity index (χ3n) is 2.32. The average molecular weight is 330 g/mol. The van der Waals surface area contributed by atoms with Crippen LogP contribution in [0.15, 0.2) is 10.7 Å². The topological polar surface area (TPSA) is 53.1 Å². The molecule has 0 radical (unpaired) electrons. The predicted molar refractivity (Wildman–Crippen MR) is 64.0 cm³/mol. The summed E-state index contributed by atoms with van der Waals surface area (Å²) in [7, 11) is 0. The van der Waals surface area contributed by atoms with Crippen molar-refractivity contribution in [3.05, 3.63) is 16.4 Å². The van der Waals surface area contributed by atoms with E-state index in [2.05, 4.69) is 25.8 Å². The summed E-state index contributed by atoms with van der Waals surface area (Å²) in [5, 5.41) is 4.09. The zero-order chi connectivity index (χ0) is 13.8. The van der Waals surface area contributed by atoms with Gasteiger partial charge in [-0.2, -0.15) is 18.3 Å². The van der Waals surface area contributed by atoms with Gasteiger partial charge in [0, 0.05) is 13.2 Å². The fourth-order valence-electron chi connectivity index (χ4n) is 1.53. The second kappa shape index (κ2) is 6.53. The van der Waals surface area contributed by atoms with Gasteiger partial charge in [0.2, 0.25) is 0 Å². The zero-order valence-electron chi connectivity index (χ0n) is 9.88. The quantitative estimate of drug-likeness (QED) is 0.816. The van der Waals surface area contributed by atoms with E-state index in [-0.39, 0.29) is 6.61 Å². The standard InChI is InChI=1S/C10H15BrF3N3O/c1-2-17-9(7(11)5-16-17)8(15)3-4-18-6-10(12,13)14/h5,8H,2-4,6,15H2,1H3. The lowest BCUT2D eigenvalue weighted by atomic mass is 10.1. The van der Waals surface area contributed by atoms with E-state index in [9.17, 15) is 13.2 Å². The summed E-state index contributed by atoms with van der Waals surface area (Å²) in [6, 6.07) is -0.407. The van der Waals surface area contributed by atoms with Gasteiger partial charge in [-0.3, -0.25) is 4.68 Å². The summed E-state index contributed by atoms with van der Waals surface area (Å²) in [4.78, 5) is 0. The SMILES string of the molecule is CCn1ncc(Br)c1C(N)CCOCC(F)(F)F. The molecule has 8 heteroatoms. The smallest absolute Gasteiger partial charge is 0.372 e. The fourth-order valence-corrected chi connectivity index (χ4v) is 2.12. The average Bonchev–Trinajstić information content (AvgIpc) is 2.64. The van der Waals surface area contributed by atoms with Crippen LogP contribution in [0.5, 0.6) is 0 Å². The van der Waals surface area contributed by atoms with Gasteiger partial charge in [-0.15, -0.1) is 0 Å². The summed E-state index contributed by atoms with van der Waals surface area (Å²) in [6.07, 6.45) is -2.37. The van der Waals surface area contributed by atoms with Gasteiger partial charge in [0.25, 0.3) is 0 Å². The molecule has 0 amide bonds. The Morgan fingerprint density at radius 3 is 2.78 bits per heavy atom. The third-order valence-corrected chi connectivity index (χ3v) is 2.93. The van der Waals surface area contributed by atoms with Crippen LogP contribution in [0.4, 0.5) is 13.2 Å². The summed E-state index contributed by atoms with van der Waals surface area (Å²) in [5.74, 6) is 0. The number of aryl methyl sites for hydroxylation is 1. The maximum Gasteiger partial charge on any atom is 0.411 e. The molecule has 1 atom stereocenters. The van der Waals surface area contributed by atoms with Gasteiger partial charge in [-0.05, 0) is 29.3 Å². The Bertz CT molecular complexity index is 381. The van der Waals surface area contributed by atoms with Crippen LogP contribution in [0.3, 0.4) is 0 Å². The second-order valence-corrected chi connectivity index (χ2v) is 4.61. The molecule has 18 heavy (non-hydrogen) atoms. The maximum atomic E-state index is 11.9. The first-order valence-electron chi connectivity index (χ1n) is 5.46. The molecule has 0 bridgehead atoms. The highest BCUT2D eigenvalue weighted by atomic mass is 79.9. The van der Waals surface area contributed by atoms with E-state index in [1.54, 1.807) is 10.9 Å². The Hall–Kier alpha value is -0.600. The molecule has 0 aliphatic carbocycles. The van der Waals surface area contributed by atoms with Crippen molar-refractivity contribution >= 4 is 15.9 Å². The van der Waals surface area contributed by atoms with Crippen LogP contribution in [0.2, 0.25) is 0 Å². The number of aromatic nitrogens is 2. The Balaban J connectivity index is 2.45.